The Morgan fingerprint density at radius 2 is 1.62 bits per heavy atom. The molecule has 0 aromatic heterocycles. The number of carbonyl (C=O) groups is 2. The number of rotatable bonds is 5. The molecule has 2 aromatic carbocycles. The summed E-state index contributed by atoms with van der Waals surface area (Å²) in [5, 5.41) is 0. The first-order chi connectivity index (χ1) is 12.6. The van der Waals surface area contributed by atoms with E-state index >= 15 is 0 Å². The Bertz CT molecular complexity index is 836. The predicted molar refractivity (Wildman–Crippen MR) is 91.7 cm³/mol. The Labute approximate surface area is 150 Å². The summed E-state index contributed by atoms with van der Waals surface area (Å²) in [6.07, 6.45) is 0. The van der Waals surface area contributed by atoms with Crippen molar-refractivity contribution in [2.75, 3.05) is 20.5 Å². The van der Waals surface area contributed by atoms with Crippen molar-refractivity contribution in [3.63, 3.8) is 0 Å². The molecule has 0 fully saturated rings. The van der Waals surface area contributed by atoms with Crippen molar-refractivity contribution in [1.82, 2.24) is 10.9 Å². The molecule has 3 rings (SSSR count). The fourth-order valence-electron chi connectivity index (χ4n) is 2.38. The maximum Gasteiger partial charge on any atom is 0.269 e. The summed E-state index contributed by atoms with van der Waals surface area (Å²) in [6, 6.07) is 9.51. The molecule has 0 radical (unpaired) electrons. The van der Waals surface area contributed by atoms with E-state index in [9.17, 15) is 9.59 Å². The number of carbonyl (C=O) groups excluding carboxylic acids is 2. The smallest absolute Gasteiger partial charge is 0.269 e. The fraction of sp³-hybridized carbons (Fsp3) is 0.222. The number of hydrazine groups is 1. The van der Waals surface area contributed by atoms with Gasteiger partial charge < -0.3 is 18.9 Å². The van der Waals surface area contributed by atoms with Crippen LogP contribution in [0.2, 0.25) is 0 Å². The molecule has 0 atom stereocenters. The minimum absolute atomic E-state index is 0.122. The highest BCUT2D eigenvalue weighted by molar-refractivity contribution is 5.99. The minimum atomic E-state index is -0.486. The maximum atomic E-state index is 12.2. The molecule has 0 saturated carbocycles. The first kappa shape index (κ1) is 17.4. The number of hydrogen-bond donors (Lipinski definition) is 2. The predicted octanol–water partition coefficient (Wildman–Crippen LogP) is 1.90. The van der Waals surface area contributed by atoms with E-state index in [1.807, 2.05) is 6.92 Å². The van der Waals surface area contributed by atoms with E-state index < -0.39 is 11.8 Å². The van der Waals surface area contributed by atoms with Gasteiger partial charge in [0.2, 0.25) is 6.79 Å². The SMILES string of the molecule is CCOc1ccc(C(=O)NNC(=O)c2ccc3c(c2)OCO3)cc1OC. The van der Waals surface area contributed by atoms with Crippen LogP contribution in [0.15, 0.2) is 36.4 Å². The number of hydrogen-bond acceptors (Lipinski definition) is 6. The highest BCUT2D eigenvalue weighted by Crippen LogP contribution is 2.32. The summed E-state index contributed by atoms with van der Waals surface area (Å²) in [5.74, 6) is 1.07. The standard InChI is InChI=1S/C18H18N2O6/c1-3-24-13-6-4-11(8-15(13)23-2)17(21)19-20-18(22)12-5-7-14-16(9-12)26-10-25-14/h4-9H,3,10H2,1-2H3,(H,19,21)(H,20,22). The summed E-state index contributed by atoms with van der Waals surface area (Å²) in [6.45, 7) is 2.45. The normalized spacial score (nSPS) is 11.6. The molecule has 26 heavy (non-hydrogen) atoms. The highest BCUT2D eigenvalue weighted by atomic mass is 16.7. The van der Waals surface area contributed by atoms with Gasteiger partial charge in [-0.1, -0.05) is 0 Å². The van der Waals surface area contributed by atoms with E-state index in [2.05, 4.69) is 10.9 Å². The molecule has 2 aromatic rings. The molecule has 2 N–H and O–H groups in total. The number of nitrogens with one attached hydrogen (secondary N) is 2. The van der Waals surface area contributed by atoms with Crippen LogP contribution in [0.5, 0.6) is 23.0 Å². The van der Waals surface area contributed by atoms with Gasteiger partial charge in [0, 0.05) is 11.1 Å². The van der Waals surface area contributed by atoms with E-state index in [0.717, 1.165) is 0 Å². The molecule has 1 aliphatic rings. The van der Waals surface area contributed by atoms with Crippen molar-refractivity contribution >= 4 is 11.8 Å². The highest BCUT2D eigenvalue weighted by Gasteiger charge is 2.17. The van der Waals surface area contributed by atoms with Crippen molar-refractivity contribution in [1.29, 1.82) is 0 Å². The van der Waals surface area contributed by atoms with E-state index in [1.54, 1.807) is 30.3 Å². The molecule has 8 nitrogen and oxygen atoms in total. The van der Waals surface area contributed by atoms with Crippen LogP contribution < -0.4 is 29.8 Å². The Hall–Kier alpha value is -3.42. The zero-order chi connectivity index (χ0) is 18.5. The van der Waals surface area contributed by atoms with Gasteiger partial charge in [-0.25, -0.2) is 0 Å². The quantitative estimate of drug-likeness (QED) is 0.793. The summed E-state index contributed by atoms with van der Waals surface area (Å²) in [4.78, 5) is 24.4. The molecular weight excluding hydrogens is 340 g/mol. The Morgan fingerprint density at radius 1 is 0.962 bits per heavy atom. The monoisotopic (exact) mass is 358 g/mol. The summed E-state index contributed by atoms with van der Waals surface area (Å²) in [7, 11) is 1.49. The van der Waals surface area contributed by atoms with Gasteiger partial charge in [0.15, 0.2) is 23.0 Å². The molecule has 2 amide bonds. The van der Waals surface area contributed by atoms with Gasteiger partial charge in [-0.15, -0.1) is 0 Å². The van der Waals surface area contributed by atoms with Crippen molar-refractivity contribution in [2.24, 2.45) is 0 Å². The molecular formula is C18H18N2O6. The Morgan fingerprint density at radius 3 is 2.31 bits per heavy atom. The summed E-state index contributed by atoms with van der Waals surface area (Å²) in [5.41, 5.74) is 5.37. The molecule has 0 bridgehead atoms. The topological polar surface area (TPSA) is 95.1 Å². The van der Waals surface area contributed by atoms with Gasteiger partial charge >= 0.3 is 0 Å². The number of fused-ring (bicyclic) bond motifs is 1. The van der Waals surface area contributed by atoms with Crippen molar-refractivity contribution < 1.29 is 28.5 Å². The first-order valence-corrected chi connectivity index (χ1v) is 7.93. The number of ether oxygens (including phenoxy) is 4. The lowest BCUT2D eigenvalue weighted by Gasteiger charge is -2.12. The van der Waals surface area contributed by atoms with E-state index in [1.165, 1.54) is 13.2 Å². The second-order valence-electron chi connectivity index (χ2n) is 5.27. The van der Waals surface area contributed by atoms with Crippen molar-refractivity contribution in [2.45, 2.75) is 6.92 Å². The average Bonchev–Trinajstić information content (AvgIpc) is 3.14. The zero-order valence-corrected chi connectivity index (χ0v) is 14.3. The van der Waals surface area contributed by atoms with Crippen LogP contribution in [-0.4, -0.2) is 32.3 Å². The van der Waals surface area contributed by atoms with Crippen LogP contribution in [-0.2, 0) is 0 Å². The van der Waals surface area contributed by atoms with E-state index in [-0.39, 0.29) is 6.79 Å². The molecule has 8 heteroatoms. The Kier molecular flexibility index (Phi) is 5.12. The zero-order valence-electron chi connectivity index (χ0n) is 14.3. The van der Waals surface area contributed by atoms with Gasteiger partial charge in [-0.2, -0.15) is 0 Å². The molecule has 0 spiro atoms. The minimum Gasteiger partial charge on any atom is -0.493 e. The van der Waals surface area contributed by atoms with Gasteiger partial charge in [-0.3, -0.25) is 20.4 Å². The van der Waals surface area contributed by atoms with Crippen LogP contribution >= 0.6 is 0 Å². The van der Waals surface area contributed by atoms with Crippen LogP contribution in [0.4, 0.5) is 0 Å². The summed E-state index contributed by atoms with van der Waals surface area (Å²) >= 11 is 0. The lowest BCUT2D eigenvalue weighted by Crippen LogP contribution is -2.41. The number of amides is 2. The molecule has 0 unspecified atom stereocenters. The van der Waals surface area contributed by atoms with Crippen molar-refractivity contribution in [3.05, 3.63) is 47.5 Å². The van der Waals surface area contributed by atoms with Gasteiger partial charge in [0.1, 0.15) is 0 Å². The van der Waals surface area contributed by atoms with Crippen LogP contribution in [0, 0.1) is 0 Å². The van der Waals surface area contributed by atoms with Gasteiger partial charge in [0.25, 0.3) is 11.8 Å². The van der Waals surface area contributed by atoms with Crippen molar-refractivity contribution in [3.8, 4) is 23.0 Å². The largest absolute Gasteiger partial charge is 0.493 e. The lowest BCUT2D eigenvalue weighted by atomic mass is 10.2. The first-order valence-electron chi connectivity index (χ1n) is 7.93. The molecule has 0 aliphatic carbocycles. The second-order valence-corrected chi connectivity index (χ2v) is 5.27. The van der Waals surface area contributed by atoms with Crippen LogP contribution in [0.25, 0.3) is 0 Å². The third kappa shape index (κ3) is 3.64. The average molecular weight is 358 g/mol. The number of methoxy groups -OCH3 is 1. The van der Waals surface area contributed by atoms with E-state index in [0.29, 0.717) is 40.7 Å². The summed E-state index contributed by atoms with van der Waals surface area (Å²) < 4.78 is 21.0. The lowest BCUT2D eigenvalue weighted by molar-refractivity contribution is 0.0846. The van der Waals surface area contributed by atoms with E-state index in [4.69, 9.17) is 18.9 Å². The fourth-order valence-corrected chi connectivity index (χ4v) is 2.38. The third-order valence-electron chi connectivity index (χ3n) is 3.65. The van der Waals surface area contributed by atoms with Crippen LogP contribution in [0.1, 0.15) is 27.6 Å². The second kappa shape index (κ2) is 7.64. The maximum absolute atomic E-state index is 12.2. The third-order valence-corrected chi connectivity index (χ3v) is 3.65. The van der Waals surface area contributed by atoms with Crippen LogP contribution in [0.3, 0.4) is 0 Å². The molecule has 1 aliphatic heterocycles. The number of benzene rings is 2. The Balaban J connectivity index is 1.64. The van der Waals surface area contributed by atoms with Gasteiger partial charge in [-0.05, 0) is 43.3 Å². The molecule has 1 heterocycles. The molecule has 136 valence electrons. The molecule has 0 saturated heterocycles. The van der Waals surface area contributed by atoms with Gasteiger partial charge in [0.05, 0.1) is 13.7 Å².